The second-order valence-corrected chi connectivity index (χ2v) is 9.24. The van der Waals surface area contributed by atoms with Gasteiger partial charge >= 0.3 is 0 Å². The van der Waals surface area contributed by atoms with Crippen molar-refractivity contribution < 1.29 is 13.9 Å². The van der Waals surface area contributed by atoms with Crippen LogP contribution in [0.3, 0.4) is 0 Å². The summed E-state index contributed by atoms with van der Waals surface area (Å²) in [5.41, 5.74) is 5.82. The molecule has 1 amide bonds. The number of nitrogens with zero attached hydrogens (tertiary/aromatic N) is 2. The first kappa shape index (κ1) is 22.3. The number of amides is 1. The number of aryl methyl sites for hydroxylation is 1. The van der Waals surface area contributed by atoms with E-state index in [-0.39, 0.29) is 23.5 Å². The number of ether oxygens (including phenoxy) is 1. The zero-order chi connectivity index (χ0) is 23.8. The number of para-hydroxylation sites is 1. The maximum Gasteiger partial charge on any atom is 0.234 e. The highest BCUT2D eigenvalue weighted by molar-refractivity contribution is 6.10. The van der Waals surface area contributed by atoms with Gasteiger partial charge in [-0.15, -0.1) is 0 Å². The maximum atomic E-state index is 14.4. The molecule has 2 aromatic heterocycles. The average molecular weight is 461 g/mol. The molecule has 6 nitrogen and oxygen atoms in total. The van der Waals surface area contributed by atoms with Gasteiger partial charge in [0.15, 0.2) is 11.6 Å². The SMILES string of the molecule is COc1ccc(Cc2nc3c(c4c2[nH]c2ccccc24)CCCC3NC(=O)CN(C)C)cc1F. The van der Waals surface area contributed by atoms with Crippen molar-refractivity contribution in [2.45, 2.75) is 31.7 Å². The van der Waals surface area contributed by atoms with E-state index in [4.69, 9.17) is 9.72 Å². The fraction of sp³-hybridized carbons (Fsp3) is 0.333. The van der Waals surface area contributed by atoms with E-state index >= 15 is 0 Å². The third-order valence-corrected chi connectivity index (χ3v) is 6.49. The quantitative estimate of drug-likeness (QED) is 0.444. The lowest BCUT2D eigenvalue weighted by Gasteiger charge is -2.27. The van der Waals surface area contributed by atoms with Crippen LogP contribution < -0.4 is 10.1 Å². The summed E-state index contributed by atoms with van der Waals surface area (Å²) < 4.78 is 19.5. The number of halogens is 1. The minimum Gasteiger partial charge on any atom is -0.494 e. The van der Waals surface area contributed by atoms with Crippen LogP contribution in [-0.2, 0) is 17.6 Å². The predicted molar refractivity (Wildman–Crippen MR) is 132 cm³/mol. The molecule has 0 aliphatic heterocycles. The summed E-state index contributed by atoms with van der Waals surface area (Å²) in [5.74, 6) is -0.177. The van der Waals surface area contributed by atoms with Crippen LogP contribution in [0.4, 0.5) is 4.39 Å². The number of aromatic amines is 1. The Bertz CT molecular complexity index is 1380. The molecule has 1 unspecified atom stereocenters. The molecule has 1 aliphatic carbocycles. The number of H-pyrrole nitrogens is 1. The van der Waals surface area contributed by atoms with Crippen molar-refractivity contribution in [3.05, 3.63) is 70.8 Å². The Balaban J connectivity index is 1.65. The lowest BCUT2D eigenvalue weighted by molar-refractivity contribution is -0.122. The number of carbonyl (C=O) groups is 1. The summed E-state index contributed by atoms with van der Waals surface area (Å²) in [5, 5.41) is 5.51. The van der Waals surface area contributed by atoms with E-state index in [1.807, 2.05) is 37.2 Å². The number of likely N-dealkylation sites (N-methyl/N-ethyl adjacent to an activating group) is 1. The molecule has 0 fully saturated rings. The Morgan fingerprint density at radius 3 is 2.85 bits per heavy atom. The van der Waals surface area contributed by atoms with Crippen LogP contribution in [-0.4, -0.2) is 48.5 Å². The molecule has 4 aromatic rings. The predicted octanol–water partition coefficient (Wildman–Crippen LogP) is 4.51. The van der Waals surface area contributed by atoms with Crippen molar-refractivity contribution in [3.63, 3.8) is 0 Å². The summed E-state index contributed by atoms with van der Waals surface area (Å²) >= 11 is 0. The summed E-state index contributed by atoms with van der Waals surface area (Å²) in [6, 6.07) is 13.1. The van der Waals surface area contributed by atoms with Crippen LogP contribution in [0.2, 0.25) is 0 Å². The van der Waals surface area contributed by atoms with Gasteiger partial charge in [0.1, 0.15) is 0 Å². The van der Waals surface area contributed by atoms with Gasteiger partial charge < -0.3 is 19.9 Å². The van der Waals surface area contributed by atoms with Crippen molar-refractivity contribution in [1.82, 2.24) is 20.2 Å². The highest BCUT2D eigenvalue weighted by Crippen LogP contribution is 2.39. The summed E-state index contributed by atoms with van der Waals surface area (Å²) in [6.07, 6.45) is 3.22. The Morgan fingerprint density at radius 2 is 2.09 bits per heavy atom. The lowest BCUT2D eigenvalue weighted by Crippen LogP contribution is -2.37. The third kappa shape index (κ3) is 4.12. The molecule has 2 aromatic carbocycles. The van der Waals surface area contributed by atoms with Gasteiger partial charge in [0.25, 0.3) is 0 Å². The fourth-order valence-corrected chi connectivity index (χ4v) is 5.04. The molecule has 5 rings (SSSR count). The molecular formula is C27H29FN4O2. The molecule has 0 saturated carbocycles. The first-order valence-electron chi connectivity index (χ1n) is 11.6. The van der Waals surface area contributed by atoms with Crippen molar-refractivity contribution in [2.75, 3.05) is 27.7 Å². The second-order valence-electron chi connectivity index (χ2n) is 9.24. The van der Waals surface area contributed by atoms with Gasteiger partial charge in [-0.3, -0.25) is 9.78 Å². The average Bonchev–Trinajstić information content (AvgIpc) is 3.20. The van der Waals surface area contributed by atoms with E-state index in [0.717, 1.165) is 58.0 Å². The molecule has 0 radical (unpaired) electrons. The number of rotatable bonds is 6. The highest BCUT2D eigenvalue weighted by Gasteiger charge is 2.28. The molecule has 34 heavy (non-hydrogen) atoms. The molecule has 0 spiro atoms. The maximum absolute atomic E-state index is 14.4. The zero-order valence-electron chi connectivity index (χ0n) is 19.7. The standard InChI is InChI=1S/C27H29FN4O2/c1-32(2)15-24(33)29-21-10-6-8-18-25-17-7-4-5-9-20(17)30-27(25)22(31-26(18)21)14-16-11-12-23(34-3)19(28)13-16/h4-5,7,9,11-13,21,30H,6,8,10,14-15H2,1-3H3,(H,29,33). The zero-order valence-corrected chi connectivity index (χ0v) is 19.7. The number of aromatic nitrogens is 2. The molecule has 2 heterocycles. The van der Waals surface area contributed by atoms with E-state index in [2.05, 4.69) is 22.4 Å². The third-order valence-electron chi connectivity index (χ3n) is 6.49. The molecule has 0 bridgehead atoms. The molecule has 176 valence electrons. The monoisotopic (exact) mass is 460 g/mol. The molecule has 2 N–H and O–H groups in total. The van der Waals surface area contributed by atoms with E-state index in [1.54, 1.807) is 6.07 Å². The molecule has 0 saturated heterocycles. The summed E-state index contributed by atoms with van der Waals surface area (Å²) in [7, 11) is 5.23. The number of methoxy groups -OCH3 is 1. The van der Waals surface area contributed by atoms with Gasteiger partial charge in [-0.1, -0.05) is 24.3 Å². The van der Waals surface area contributed by atoms with Crippen LogP contribution in [0, 0.1) is 5.82 Å². The van der Waals surface area contributed by atoms with Gasteiger partial charge in [0, 0.05) is 22.7 Å². The number of hydrogen-bond acceptors (Lipinski definition) is 4. The molecule has 7 heteroatoms. The fourth-order valence-electron chi connectivity index (χ4n) is 5.04. The Morgan fingerprint density at radius 1 is 1.26 bits per heavy atom. The number of benzene rings is 2. The van der Waals surface area contributed by atoms with E-state index < -0.39 is 0 Å². The Kier molecular flexibility index (Phi) is 5.96. The van der Waals surface area contributed by atoms with E-state index in [9.17, 15) is 9.18 Å². The lowest BCUT2D eigenvalue weighted by atomic mass is 9.88. The summed E-state index contributed by atoms with van der Waals surface area (Å²) in [6.45, 7) is 0.332. The van der Waals surface area contributed by atoms with Gasteiger partial charge in [0.05, 0.1) is 36.6 Å². The van der Waals surface area contributed by atoms with Crippen molar-refractivity contribution >= 4 is 27.7 Å². The van der Waals surface area contributed by atoms with Gasteiger partial charge in [-0.05, 0) is 62.7 Å². The number of pyridine rings is 1. The van der Waals surface area contributed by atoms with Crippen LogP contribution in [0.5, 0.6) is 5.75 Å². The van der Waals surface area contributed by atoms with Crippen LogP contribution in [0.25, 0.3) is 21.8 Å². The molecule has 1 aliphatic rings. The first-order valence-corrected chi connectivity index (χ1v) is 11.6. The molecule has 1 atom stereocenters. The number of carbonyl (C=O) groups excluding carboxylic acids is 1. The summed E-state index contributed by atoms with van der Waals surface area (Å²) in [4.78, 5) is 23.1. The van der Waals surface area contributed by atoms with E-state index in [1.165, 1.54) is 18.7 Å². The van der Waals surface area contributed by atoms with Gasteiger partial charge in [-0.25, -0.2) is 4.39 Å². The van der Waals surface area contributed by atoms with Crippen LogP contribution in [0.1, 0.15) is 41.4 Å². The number of fused-ring (bicyclic) bond motifs is 5. The van der Waals surface area contributed by atoms with Gasteiger partial charge in [0.2, 0.25) is 5.91 Å². The van der Waals surface area contributed by atoms with Gasteiger partial charge in [-0.2, -0.15) is 0 Å². The minimum atomic E-state index is -0.389. The first-order chi connectivity index (χ1) is 16.4. The largest absolute Gasteiger partial charge is 0.494 e. The highest BCUT2D eigenvalue weighted by atomic mass is 19.1. The number of hydrogen-bond donors (Lipinski definition) is 2. The van der Waals surface area contributed by atoms with Crippen molar-refractivity contribution in [2.24, 2.45) is 0 Å². The second kappa shape index (κ2) is 9.06. The number of nitrogens with one attached hydrogen (secondary N) is 2. The Hall–Kier alpha value is -3.45. The normalized spacial score (nSPS) is 15.6. The Labute approximate surface area is 198 Å². The topological polar surface area (TPSA) is 70.2 Å². The van der Waals surface area contributed by atoms with Crippen molar-refractivity contribution in [3.8, 4) is 5.75 Å². The smallest absolute Gasteiger partial charge is 0.234 e. The van der Waals surface area contributed by atoms with Crippen LogP contribution >= 0.6 is 0 Å². The van der Waals surface area contributed by atoms with E-state index in [0.29, 0.717) is 13.0 Å². The van der Waals surface area contributed by atoms with Crippen LogP contribution in [0.15, 0.2) is 42.5 Å². The molecular weight excluding hydrogens is 431 g/mol. The minimum absolute atomic E-state index is 0.0116. The van der Waals surface area contributed by atoms with Crippen molar-refractivity contribution in [1.29, 1.82) is 0 Å².